The smallest absolute Gasteiger partial charge is 0.115 e. The van der Waals surface area contributed by atoms with E-state index in [0.29, 0.717) is 0 Å². The van der Waals surface area contributed by atoms with E-state index in [2.05, 4.69) is 42.2 Å². The average molecular weight is 254 g/mol. The molecule has 19 heavy (non-hydrogen) atoms. The summed E-state index contributed by atoms with van der Waals surface area (Å²) >= 11 is 0. The van der Waals surface area contributed by atoms with Crippen LogP contribution in [-0.4, -0.2) is 17.1 Å². The van der Waals surface area contributed by atoms with Crippen LogP contribution < -0.4 is 0 Å². The van der Waals surface area contributed by atoms with Gasteiger partial charge in [-0.05, 0) is 18.6 Å². The monoisotopic (exact) mass is 254 g/mol. The highest BCUT2D eigenvalue weighted by Gasteiger charge is 2.42. The van der Waals surface area contributed by atoms with Gasteiger partial charge in [-0.25, -0.2) is 0 Å². The number of hydroxylamine groups is 2. The molecule has 1 fully saturated rings. The van der Waals surface area contributed by atoms with Crippen molar-refractivity contribution in [2.45, 2.75) is 25.0 Å². The highest BCUT2D eigenvalue weighted by atomic mass is 16.7. The molecular weight excluding hydrogens is 236 g/mol. The van der Waals surface area contributed by atoms with Crippen molar-refractivity contribution in [3.05, 3.63) is 66.0 Å². The third-order valence-electron chi connectivity index (χ3n) is 3.82. The molecule has 1 aromatic carbocycles. The van der Waals surface area contributed by atoms with E-state index in [4.69, 9.17) is 4.84 Å². The molecule has 2 atom stereocenters. The third-order valence-corrected chi connectivity index (χ3v) is 3.82. The second kappa shape index (κ2) is 4.76. The first-order valence-corrected chi connectivity index (χ1v) is 6.56. The van der Waals surface area contributed by atoms with Gasteiger partial charge in [0.15, 0.2) is 0 Å². The van der Waals surface area contributed by atoms with Gasteiger partial charge in [0.05, 0.1) is 6.04 Å². The molecule has 1 aromatic heterocycles. The van der Waals surface area contributed by atoms with Gasteiger partial charge in [-0.1, -0.05) is 36.4 Å². The molecule has 3 heteroatoms. The molecule has 0 saturated carbocycles. The highest BCUT2D eigenvalue weighted by Crippen LogP contribution is 2.44. The number of hydrogen-bond donors (Lipinski definition) is 0. The Morgan fingerprint density at radius 3 is 2.68 bits per heavy atom. The minimum absolute atomic E-state index is 0.284. The van der Waals surface area contributed by atoms with Crippen LogP contribution >= 0.6 is 0 Å². The molecular formula is C16H18N2O. The van der Waals surface area contributed by atoms with E-state index < -0.39 is 0 Å². The number of nitrogens with zero attached hydrogens (tertiary/aromatic N) is 2. The Balaban J connectivity index is 1.90. The van der Waals surface area contributed by atoms with Gasteiger partial charge < -0.3 is 0 Å². The largest absolute Gasteiger partial charge is 0.287 e. The zero-order valence-corrected chi connectivity index (χ0v) is 11.3. The molecule has 0 N–H and O–H groups in total. The molecule has 1 saturated heterocycles. The predicted molar refractivity (Wildman–Crippen MR) is 74.2 cm³/mol. The summed E-state index contributed by atoms with van der Waals surface area (Å²) in [4.78, 5) is 10.3. The van der Waals surface area contributed by atoms with E-state index in [9.17, 15) is 0 Å². The van der Waals surface area contributed by atoms with Crippen LogP contribution in [0, 0.1) is 0 Å². The summed E-state index contributed by atoms with van der Waals surface area (Å²) in [6, 6.07) is 14.8. The van der Waals surface area contributed by atoms with Gasteiger partial charge in [-0.2, -0.15) is 5.06 Å². The first-order chi connectivity index (χ1) is 9.19. The molecule has 98 valence electrons. The van der Waals surface area contributed by atoms with Crippen LogP contribution in [-0.2, 0) is 10.4 Å². The molecule has 0 bridgehead atoms. The molecule has 0 spiro atoms. The number of rotatable bonds is 2. The minimum Gasteiger partial charge on any atom is -0.287 e. The van der Waals surface area contributed by atoms with Crippen molar-refractivity contribution in [2.24, 2.45) is 0 Å². The number of benzene rings is 1. The van der Waals surface area contributed by atoms with E-state index in [1.807, 2.05) is 30.4 Å². The lowest BCUT2D eigenvalue weighted by Gasteiger charge is -2.23. The summed E-state index contributed by atoms with van der Waals surface area (Å²) in [7, 11) is 2.00. The molecule has 1 aliphatic heterocycles. The van der Waals surface area contributed by atoms with Crippen LogP contribution in [0.25, 0.3) is 0 Å². The first kappa shape index (κ1) is 12.3. The van der Waals surface area contributed by atoms with Crippen LogP contribution in [0.2, 0.25) is 0 Å². The van der Waals surface area contributed by atoms with E-state index in [-0.39, 0.29) is 11.6 Å². The lowest BCUT2D eigenvalue weighted by atomic mass is 9.89. The van der Waals surface area contributed by atoms with Crippen LogP contribution in [0.15, 0.2) is 54.9 Å². The fourth-order valence-corrected chi connectivity index (χ4v) is 2.77. The Morgan fingerprint density at radius 1 is 1.21 bits per heavy atom. The summed E-state index contributed by atoms with van der Waals surface area (Å²) in [5.41, 5.74) is 2.11. The maximum atomic E-state index is 6.10. The Labute approximate surface area is 113 Å². The van der Waals surface area contributed by atoms with Gasteiger partial charge in [0, 0.05) is 31.4 Å². The molecule has 0 radical (unpaired) electrons. The van der Waals surface area contributed by atoms with Crippen LogP contribution in [0.5, 0.6) is 0 Å². The van der Waals surface area contributed by atoms with E-state index in [1.165, 1.54) is 5.56 Å². The molecule has 1 aliphatic rings. The molecule has 0 unspecified atom stereocenters. The lowest BCUT2D eigenvalue weighted by Crippen LogP contribution is -2.23. The van der Waals surface area contributed by atoms with Gasteiger partial charge >= 0.3 is 0 Å². The standard InChI is InChI=1S/C16H18N2O/c1-16(14-9-6-10-17-12-14)11-15(18(2)19-16)13-7-4-3-5-8-13/h3-10,12,15H,11H2,1-2H3/t15-,16+/m0/s1. The van der Waals surface area contributed by atoms with Crippen molar-refractivity contribution in [3.8, 4) is 0 Å². The van der Waals surface area contributed by atoms with Crippen molar-refractivity contribution in [3.63, 3.8) is 0 Å². The van der Waals surface area contributed by atoms with E-state index in [1.54, 1.807) is 6.20 Å². The summed E-state index contributed by atoms with van der Waals surface area (Å²) in [6.07, 6.45) is 4.61. The Bertz CT molecular complexity index is 543. The summed E-state index contributed by atoms with van der Waals surface area (Å²) in [5, 5.41) is 1.96. The van der Waals surface area contributed by atoms with E-state index >= 15 is 0 Å². The van der Waals surface area contributed by atoms with Crippen molar-refractivity contribution >= 4 is 0 Å². The Hall–Kier alpha value is -1.71. The lowest BCUT2D eigenvalue weighted by molar-refractivity contribution is -0.188. The van der Waals surface area contributed by atoms with Crippen molar-refractivity contribution < 1.29 is 4.84 Å². The predicted octanol–water partition coefficient (Wildman–Crippen LogP) is 3.31. The molecule has 2 heterocycles. The molecule has 3 rings (SSSR count). The first-order valence-electron chi connectivity index (χ1n) is 6.56. The van der Waals surface area contributed by atoms with Crippen LogP contribution in [0.4, 0.5) is 0 Å². The SMILES string of the molecule is CN1O[C@@](C)(c2cccnc2)C[C@H]1c1ccccc1. The normalized spacial score (nSPS) is 27.6. The van der Waals surface area contributed by atoms with Gasteiger partial charge in [0.2, 0.25) is 0 Å². The van der Waals surface area contributed by atoms with Crippen molar-refractivity contribution in [1.29, 1.82) is 0 Å². The molecule has 2 aromatic rings. The van der Waals surface area contributed by atoms with E-state index in [0.717, 1.165) is 12.0 Å². The highest BCUT2D eigenvalue weighted by molar-refractivity contribution is 5.24. The quantitative estimate of drug-likeness (QED) is 0.822. The fourth-order valence-electron chi connectivity index (χ4n) is 2.77. The average Bonchev–Trinajstić information content (AvgIpc) is 2.77. The summed E-state index contributed by atoms with van der Waals surface area (Å²) in [6.45, 7) is 2.13. The van der Waals surface area contributed by atoms with Gasteiger partial charge in [0.1, 0.15) is 5.60 Å². The molecule has 0 amide bonds. The van der Waals surface area contributed by atoms with Crippen LogP contribution in [0.1, 0.15) is 30.5 Å². The Kier molecular flexibility index (Phi) is 3.09. The fraction of sp³-hybridized carbons (Fsp3) is 0.312. The third kappa shape index (κ3) is 2.27. The van der Waals surface area contributed by atoms with Crippen molar-refractivity contribution in [2.75, 3.05) is 7.05 Å². The summed E-state index contributed by atoms with van der Waals surface area (Å²) in [5.74, 6) is 0. The minimum atomic E-state index is -0.302. The number of hydrogen-bond acceptors (Lipinski definition) is 3. The van der Waals surface area contributed by atoms with Gasteiger partial charge in [-0.15, -0.1) is 0 Å². The summed E-state index contributed by atoms with van der Waals surface area (Å²) < 4.78 is 0. The zero-order chi connectivity index (χ0) is 13.3. The van der Waals surface area contributed by atoms with Crippen molar-refractivity contribution in [1.82, 2.24) is 10.0 Å². The topological polar surface area (TPSA) is 25.4 Å². The number of aromatic nitrogens is 1. The van der Waals surface area contributed by atoms with Crippen LogP contribution in [0.3, 0.4) is 0 Å². The van der Waals surface area contributed by atoms with Gasteiger partial charge in [0.25, 0.3) is 0 Å². The zero-order valence-electron chi connectivity index (χ0n) is 11.3. The second-order valence-electron chi connectivity index (χ2n) is 5.24. The van der Waals surface area contributed by atoms with Gasteiger partial charge in [-0.3, -0.25) is 9.82 Å². The maximum absolute atomic E-state index is 6.10. The maximum Gasteiger partial charge on any atom is 0.115 e. The Morgan fingerprint density at radius 2 is 2.00 bits per heavy atom. The molecule has 3 nitrogen and oxygen atoms in total. The number of pyridine rings is 1. The second-order valence-corrected chi connectivity index (χ2v) is 5.24. The molecule has 0 aliphatic carbocycles.